The minimum Gasteiger partial charge on any atom is -0.508 e. The zero-order chi connectivity index (χ0) is 37.4. The number of aromatic hydroxyl groups is 1. The van der Waals surface area contributed by atoms with E-state index in [9.17, 15) is 10.2 Å². The second-order valence-electron chi connectivity index (χ2n) is 16.5. The van der Waals surface area contributed by atoms with Gasteiger partial charge in [0, 0.05) is 30.1 Å². The number of benzene rings is 2. The number of aromatic nitrogens is 3. The van der Waals surface area contributed by atoms with Gasteiger partial charge in [-0.1, -0.05) is 19.4 Å². The number of phenols is 1. The molecule has 0 bridgehead atoms. The molecule has 13 heteroatoms. The van der Waals surface area contributed by atoms with Crippen molar-refractivity contribution in [2.45, 2.75) is 64.0 Å². The molecule has 3 aliphatic heterocycles. The molecule has 288 valence electrons. The van der Waals surface area contributed by atoms with Crippen molar-refractivity contribution in [2.75, 3.05) is 71.2 Å². The molecule has 0 radical (unpaired) electrons. The summed E-state index contributed by atoms with van der Waals surface area (Å²) in [5.41, 5.74) is -0.919. The highest BCUT2D eigenvalue weighted by atomic mass is 19.1. The monoisotopic (exact) mass is 745 g/mol. The molecule has 5 fully saturated rings. The maximum absolute atomic E-state index is 17.4. The van der Waals surface area contributed by atoms with Crippen LogP contribution in [0.3, 0.4) is 0 Å². The second-order valence-corrected chi connectivity index (χ2v) is 16.5. The number of hydrogen-bond donors (Lipinski definition) is 2. The van der Waals surface area contributed by atoms with Crippen LogP contribution in [0.25, 0.3) is 32.9 Å². The van der Waals surface area contributed by atoms with E-state index in [0.717, 1.165) is 58.4 Å². The number of piperidine rings is 1. The summed E-state index contributed by atoms with van der Waals surface area (Å²) in [6.07, 6.45) is 5.75. The van der Waals surface area contributed by atoms with Crippen molar-refractivity contribution in [1.82, 2.24) is 19.9 Å². The third-order valence-electron chi connectivity index (χ3n) is 12.9. The number of ether oxygens (including phenoxy) is 4. The Morgan fingerprint density at radius 3 is 2.63 bits per heavy atom. The standard InChI is InChI=1S/C41H49F2N5O6/c1-4-25-30(42)9-8-23-15-24(49)16-26(32(23)25)35-34(43)36-33(38(44-35)51-3)37(48-13-14-52-21-40(2,50)20-48)46-39(45-36)54-22-41-10-5-7-31(41)47(12-6-11-41)17-27-28-18-53-19-29(27)28/h8-9,15-16,27-29,31,49-50H,4-7,10-14,17-22H2,1-3H3/t27?,28-,29+,31-,40+,41-/m1/s1. The van der Waals surface area contributed by atoms with Gasteiger partial charge in [-0.3, -0.25) is 4.90 Å². The molecule has 0 spiro atoms. The van der Waals surface area contributed by atoms with Crippen molar-refractivity contribution in [1.29, 1.82) is 0 Å². The third kappa shape index (κ3) is 6.11. The number of phenolic OH excluding ortho intramolecular Hbond substituents is 1. The van der Waals surface area contributed by atoms with Crippen LogP contribution in [0.1, 0.15) is 51.5 Å². The number of aliphatic hydroxyl groups is 1. The second kappa shape index (κ2) is 13.7. The lowest BCUT2D eigenvalue weighted by atomic mass is 9.75. The van der Waals surface area contributed by atoms with Crippen LogP contribution < -0.4 is 14.4 Å². The zero-order valence-corrected chi connectivity index (χ0v) is 31.2. The summed E-state index contributed by atoms with van der Waals surface area (Å²) < 4.78 is 56.4. The minimum atomic E-state index is -1.22. The van der Waals surface area contributed by atoms with E-state index in [2.05, 4.69) is 9.88 Å². The molecular weight excluding hydrogens is 696 g/mol. The predicted octanol–water partition coefficient (Wildman–Crippen LogP) is 5.89. The SMILES string of the molecule is CCc1c(F)ccc2cc(O)cc(-c3nc(OC)c4c(N5CCOC[C@@](C)(O)C5)nc(OC[C@]56CCC[C@H]5N(CC5[C@H]7COC[C@@H]57)CCC6)nc4c3F)c12. The topological polar surface area (TPSA) is 123 Å². The molecule has 2 N–H and O–H groups in total. The van der Waals surface area contributed by atoms with Gasteiger partial charge in [-0.15, -0.1) is 0 Å². The number of aryl methyl sites for hydroxylation is 1. The summed E-state index contributed by atoms with van der Waals surface area (Å²) in [4.78, 5) is 18.9. The largest absolute Gasteiger partial charge is 0.508 e. The molecule has 5 heterocycles. The Balaban J connectivity index is 1.15. The van der Waals surface area contributed by atoms with Crippen LogP contribution in [0.2, 0.25) is 0 Å². The lowest BCUT2D eigenvalue weighted by Crippen LogP contribution is -2.52. The van der Waals surface area contributed by atoms with Gasteiger partial charge in [-0.25, -0.2) is 13.8 Å². The Morgan fingerprint density at radius 2 is 1.83 bits per heavy atom. The highest BCUT2D eigenvalue weighted by Crippen LogP contribution is 2.54. The quantitative estimate of drug-likeness (QED) is 0.213. The van der Waals surface area contributed by atoms with Gasteiger partial charge >= 0.3 is 6.01 Å². The van der Waals surface area contributed by atoms with Crippen LogP contribution in [-0.2, 0) is 15.9 Å². The molecule has 4 aromatic rings. The normalized spacial score (nSPS) is 29.7. The Labute approximate surface area is 313 Å². The molecule has 0 amide bonds. The maximum atomic E-state index is 17.4. The molecular formula is C41H49F2N5O6. The molecule has 6 atom stereocenters. The van der Waals surface area contributed by atoms with Crippen LogP contribution in [-0.4, -0.2) is 108 Å². The number of methoxy groups -OCH3 is 1. The highest BCUT2D eigenvalue weighted by molar-refractivity contribution is 6.03. The summed E-state index contributed by atoms with van der Waals surface area (Å²) in [6, 6.07) is 6.26. The summed E-state index contributed by atoms with van der Waals surface area (Å²) in [6.45, 7) is 8.83. The Bertz CT molecular complexity index is 2090. The molecule has 2 aliphatic carbocycles. The smallest absolute Gasteiger partial charge is 0.319 e. The van der Waals surface area contributed by atoms with Gasteiger partial charge in [-0.2, -0.15) is 9.97 Å². The van der Waals surface area contributed by atoms with Crippen LogP contribution in [0.4, 0.5) is 14.6 Å². The summed E-state index contributed by atoms with van der Waals surface area (Å²) in [5, 5.41) is 23.2. The Morgan fingerprint density at radius 1 is 1.02 bits per heavy atom. The predicted molar refractivity (Wildman–Crippen MR) is 199 cm³/mol. The van der Waals surface area contributed by atoms with E-state index in [0.29, 0.717) is 72.1 Å². The van der Waals surface area contributed by atoms with Gasteiger partial charge in [0.25, 0.3) is 0 Å². The number of halogens is 2. The van der Waals surface area contributed by atoms with Crippen LogP contribution in [0.15, 0.2) is 24.3 Å². The first-order chi connectivity index (χ1) is 26.1. The van der Waals surface area contributed by atoms with E-state index in [1.165, 1.54) is 25.3 Å². The molecule has 54 heavy (non-hydrogen) atoms. The Kier molecular flexibility index (Phi) is 9.06. The molecule has 9 rings (SSSR count). The lowest BCUT2D eigenvalue weighted by molar-refractivity contribution is -0.0123. The van der Waals surface area contributed by atoms with E-state index in [4.69, 9.17) is 28.9 Å². The van der Waals surface area contributed by atoms with Crippen molar-refractivity contribution >= 4 is 27.5 Å². The molecule has 3 saturated heterocycles. The van der Waals surface area contributed by atoms with E-state index in [1.807, 2.05) is 11.8 Å². The first kappa shape index (κ1) is 35.8. The number of hydrogen-bond acceptors (Lipinski definition) is 11. The highest BCUT2D eigenvalue weighted by Gasteiger charge is 2.56. The molecule has 11 nitrogen and oxygen atoms in total. The molecule has 2 saturated carbocycles. The van der Waals surface area contributed by atoms with Crippen molar-refractivity contribution < 1.29 is 37.9 Å². The molecule has 2 aromatic carbocycles. The number of rotatable bonds is 9. The van der Waals surface area contributed by atoms with Gasteiger partial charge < -0.3 is 34.1 Å². The van der Waals surface area contributed by atoms with Crippen molar-refractivity contribution in [3.8, 4) is 28.9 Å². The van der Waals surface area contributed by atoms with Gasteiger partial charge in [0.2, 0.25) is 5.88 Å². The molecule has 2 aromatic heterocycles. The Hall–Kier alpha value is -3.91. The van der Waals surface area contributed by atoms with Gasteiger partial charge in [0.15, 0.2) is 5.82 Å². The number of fused-ring (bicyclic) bond motifs is 4. The number of β-amino-alcohol motifs (C(OH)–C–C–N with tert-alkyl or cyclic N) is 1. The van der Waals surface area contributed by atoms with E-state index >= 15 is 8.78 Å². The number of likely N-dealkylation sites (tertiary alicyclic amines) is 1. The average Bonchev–Trinajstić information content (AvgIpc) is 3.44. The fourth-order valence-electron chi connectivity index (χ4n) is 10.3. The van der Waals surface area contributed by atoms with E-state index in [-0.39, 0.29) is 58.4 Å². The van der Waals surface area contributed by atoms with Crippen molar-refractivity contribution in [3.63, 3.8) is 0 Å². The average molecular weight is 746 g/mol. The third-order valence-corrected chi connectivity index (χ3v) is 12.9. The van der Waals surface area contributed by atoms with Crippen LogP contribution in [0, 0.1) is 34.8 Å². The first-order valence-corrected chi connectivity index (χ1v) is 19.5. The van der Waals surface area contributed by atoms with Gasteiger partial charge in [0.05, 0.1) is 46.7 Å². The number of anilines is 1. The van der Waals surface area contributed by atoms with Crippen molar-refractivity contribution in [3.05, 3.63) is 41.5 Å². The van der Waals surface area contributed by atoms with Gasteiger partial charge in [0.1, 0.15) is 39.6 Å². The fourth-order valence-corrected chi connectivity index (χ4v) is 10.3. The minimum absolute atomic E-state index is 0.0208. The van der Waals surface area contributed by atoms with Crippen LogP contribution in [0.5, 0.6) is 17.6 Å². The zero-order valence-electron chi connectivity index (χ0n) is 31.2. The maximum Gasteiger partial charge on any atom is 0.319 e. The molecule has 1 unspecified atom stereocenters. The van der Waals surface area contributed by atoms with E-state index < -0.39 is 17.2 Å². The lowest BCUT2D eigenvalue weighted by Gasteiger charge is -2.46. The number of pyridine rings is 1. The van der Waals surface area contributed by atoms with Crippen LogP contribution >= 0.6 is 0 Å². The van der Waals surface area contributed by atoms with Crippen molar-refractivity contribution in [2.24, 2.45) is 23.2 Å². The number of nitrogens with zero attached hydrogens (tertiary/aromatic N) is 5. The summed E-state index contributed by atoms with van der Waals surface area (Å²) >= 11 is 0. The summed E-state index contributed by atoms with van der Waals surface area (Å²) in [7, 11) is 1.44. The van der Waals surface area contributed by atoms with Gasteiger partial charge in [-0.05, 0) is 97.9 Å². The fraction of sp³-hybridized carbons (Fsp3) is 0.585. The van der Waals surface area contributed by atoms with E-state index in [1.54, 1.807) is 13.0 Å². The molecule has 5 aliphatic rings. The summed E-state index contributed by atoms with van der Waals surface area (Å²) in [5.74, 6) is 1.14. The first-order valence-electron chi connectivity index (χ1n) is 19.5.